The van der Waals surface area contributed by atoms with E-state index in [-0.39, 0.29) is 10.9 Å². The zero-order chi connectivity index (χ0) is 11.6. The maximum atomic E-state index is 10.9. The summed E-state index contributed by atoms with van der Waals surface area (Å²) in [6.07, 6.45) is 7.43. The zero-order valence-corrected chi connectivity index (χ0v) is 10.7. The van der Waals surface area contributed by atoms with E-state index in [2.05, 4.69) is 12.2 Å². The molecule has 1 atom stereocenters. The first kappa shape index (κ1) is 12.2. The summed E-state index contributed by atoms with van der Waals surface area (Å²) in [5.41, 5.74) is 0. The molecule has 4 heteroatoms. The fraction of sp³-hybridized carbons (Fsp3) is 0.917. The predicted molar refractivity (Wildman–Crippen MR) is 66.6 cm³/mol. The first-order valence-electron chi connectivity index (χ1n) is 6.30. The van der Waals surface area contributed by atoms with Crippen LogP contribution in [0.15, 0.2) is 0 Å². The molecule has 0 radical (unpaired) electrons. The van der Waals surface area contributed by atoms with E-state index in [1.807, 2.05) is 11.8 Å². The van der Waals surface area contributed by atoms with Crippen molar-refractivity contribution in [2.75, 3.05) is 5.75 Å². The SMILES string of the molecule is CCCC1CCC2(CC1)NC(C(=O)O)CS2. The van der Waals surface area contributed by atoms with Crippen molar-refractivity contribution in [1.82, 2.24) is 5.32 Å². The maximum absolute atomic E-state index is 10.9. The average Bonchev–Trinajstić information content (AvgIpc) is 2.67. The number of thioether (sulfide) groups is 1. The lowest BCUT2D eigenvalue weighted by Gasteiger charge is -2.37. The Balaban J connectivity index is 1.86. The highest BCUT2D eigenvalue weighted by atomic mass is 32.2. The van der Waals surface area contributed by atoms with Crippen molar-refractivity contribution in [2.45, 2.75) is 56.4 Å². The van der Waals surface area contributed by atoms with E-state index < -0.39 is 5.97 Å². The lowest BCUT2D eigenvalue weighted by molar-refractivity contribution is -0.139. The highest BCUT2D eigenvalue weighted by Gasteiger charge is 2.43. The van der Waals surface area contributed by atoms with E-state index in [1.165, 1.54) is 25.7 Å². The van der Waals surface area contributed by atoms with Gasteiger partial charge in [-0.25, -0.2) is 0 Å². The smallest absolute Gasteiger partial charge is 0.321 e. The van der Waals surface area contributed by atoms with Crippen LogP contribution in [-0.2, 0) is 4.79 Å². The molecule has 1 spiro atoms. The molecule has 2 rings (SSSR count). The van der Waals surface area contributed by atoms with Gasteiger partial charge in [0, 0.05) is 5.75 Å². The van der Waals surface area contributed by atoms with Gasteiger partial charge in [0.15, 0.2) is 0 Å². The van der Waals surface area contributed by atoms with Gasteiger partial charge in [-0.3, -0.25) is 10.1 Å². The Morgan fingerprint density at radius 2 is 2.19 bits per heavy atom. The Bertz CT molecular complexity index is 262. The molecule has 1 saturated heterocycles. The number of hydrogen-bond donors (Lipinski definition) is 2. The van der Waals surface area contributed by atoms with Crippen LogP contribution in [0.2, 0.25) is 0 Å². The van der Waals surface area contributed by atoms with Crippen LogP contribution in [0.3, 0.4) is 0 Å². The molecular weight excluding hydrogens is 222 g/mol. The van der Waals surface area contributed by atoms with E-state index in [0.717, 1.165) is 24.5 Å². The molecule has 0 aromatic rings. The van der Waals surface area contributed by atoms with E-state index in [1.54, 1.807) is 0 Å². The van der Waals surface area contributed by atoms with Gasteiger partial charge in [-0.1, -0.05) is 19.8 Å². The summed E-state index contributed by atoms with van der Waals surface area (Å²) in [4.78, 5) is 11.0. The third-order valence-electron chi connectivity index (χ3n) is 3.87. The molecule has 0 aromatic heterocycles. The number of hydrogen-bond acceptors (Lipinski definition) is 3. The minimum absolute atomic E-state index is 0.0906. The number of nitrogens with one attached hydrogen (secondary N) is 1. The Hall–Kier alpha value is -0.220. The van der Waals surface area contributed by atoms with Crippen LogP contribution >= 0.6 is 11.8 Å². The fourth-order valence-corrected chi connectivity index (χ4v) is 4.37. The monoisotopic (exact) mass is 243 g/mol. The molecule has 0 amide bonds. The molecular formula is C12H21NO2S. The number of rotatable bonds is 3. The summed E-state index contributed by atoms with van der Waals surface area (Å²) in [7, 11) is 0. The molecule has 0 aromatic carbocycles. The van der Waals surface area contributed by atoms with Crippen molar-refractivity contribution < 1.29 is 9.90 Å². The Labute approximate surface area is 101 Å². The van der Waals surface area contributed by atoms with E-state index in [0.29, 0.717) is 0 Å². The first-order valence-corrected chi connectivity index (χ1v) is 7.28. The summed E-state index contributed by atoms with van der Waals surface area (Å²) in [6.45, 7) is 2.24. The average molecular weight is 243 g/mol. The van der Waals surface area contributed by atoms with Crippen LogP contribution in [0.4, 0.5) is 0 Å². The van der Waals surface area contributed by atoms with Gasteiger partial charge in [0.1, 0.15) is 6.04 Å². The number of carboxylic acids is 1. The van der Waals surface area contributed by atoms with Gasteiger partial charge in [-0.05, 0) is 31.6 Å². The lowest BCUT2D eigenvalue weighted by Crippen LogP contribution is -2.47. The summed E-state index contributed by atoms with van der Waals surface area (Å²) < 4.78 is 0. The summed E-state index contributed by atoms with van der Waals surface area (Å²) in [5.74, 6) is 0.912. The van der Waals surface area contributed by atoms with Gasteiger partial charge in [0.2, 0.25) is 0 Å². The zero-order valence-electron chi connectivity index (χ0n) is 9.87. The molecule has 0 bridgehead atoms. The van der Waals surface area contributed by atoms with Gasteiger partial charge in [-0.15, -0.1) is 11.8 Å². The molecule has 3 nitrogen and oxygen atoms in total. The van der Waals surface area contributed by atoms with Gasteiger partial charge in [0.25, 0.3) is 0 Å². The first-order chi connectivity index (χ1) is 7.65. The van der Waals surface area contributed by atoms with Crippen molar-refractivity contribution in [3.63, 3.8) is 0 Å². The topological polar surface area (TPSA) is 49.3 Å². The standard InChI is InChI=1S/C12H21NO2S/c1-2-3-9-4-6-12(7-5-9)13-10(8-16-12)11(14)15/h9-10,13H,2-8H2,1H3,(H,14,15). The Kier molecular flexibility index (Phi) is 3.80. The molecule has 1 heterocycles. The molecule has 1 aliphatic carbocycles. The Morgan fingerprint density at radius 3 is 2.69 bits per heavy atom. The lowest BCUT2D eigenvalue weighted by atomic mass is 9.83. The second-order valence-electron chi connectivity index (χ2n) is 5.07. The van der Waals surface area contributed by atoms with Crippen LogP contribution in [0, 0.1) is 5.92 Å². The van der Waals surface area contributed by atoms with Crippen molar-refractivity contribution in [2.24, 2.45) is 5.92 Å². The molecule has 1 unspecified atom stereocenters. The molecule has 2 N–H and O–H groups in total. The van der Waals surface area contributed by atoms with Crippen LogP contribution in [0.25, 0.3) is 0 Å². The van der Waals surface area contributed by atoms with E-state index in [4.69, 9.17) is 5.11 Å². The highest BCUT2D eigenvalue weighted by molar-refractivity contribution is 8.00. The van der Waals surface area contributed by atoms with Gasteiger partial charge < -0.3 is 5.11 Å². The summed E-state index contributed by atoms with van der Waals surface area (Å²) >= 11 is 1.83. The largest absolute Gasteiger partial charge is 0.480 e. The second kappa shape index (κ2) is 4.96. The minimum atomic E-state index is -0.694. The summed E-state index contributed by atoms with van der Waals surface area (Å²) in [5, 5.41) is 12.3. The molecule has 2 aliphatic rings. The highest BCUT2D eigenvalue weighted by Crippen LogP contribution is 2.44. The van der Waals surface area contributed by atoms with Gasteiger partial charge >= 0.3 is 5.97 Å². The number of carbonyl (C=O) groups is 1. The van der Waals surface area contributed by atoms with Crippen molar-refractivity contribution in [3.8, 4) is 0 Å². The van der Waals surface area contributed by atoms with Crippen LogP contribution in [-0.4, -0.2) is 27.7 Å². The van der Waals surface area contributed by atoms with E-state index in [9.17, 15) is 4.79 Å². The molecule has 16 heavy (non-hydrogen) atoms. The van der Waals surface area contributed by atoms with Crippen LogP contribution in [0.5, 0.6) is 0 Å². The molecule has 92 valence electrons. The second-order valence-corrected chi connectivity index (χ2v) is 6.48. The predicted octanol–water partition coefficient (Wildman–Crippen LogP) is 2.46. The summed E-state index contributed by atoms with van der Waals surface area (Å²) in [6, 6.07) is -0.326. The third-order valence-corrected chi connectivity index (χ3v) is 5.45. The molecule has 1 saturated carbocycles. The quantitative estimate of drug-likeness (QED) is 0.799. The van der Waals surface area contributed by atoms with Gasteiger partial charge in [0.05, 0.1) is 4.87 Å². The normalized spacial score (nSPS) is 39.1. The maximum Gasteiger partial charge on any atom is 0.321 e. The Morgan fingerprint density at radius 1 is 1.50 bits per heavy atom. The minimum Gasteiger partial charge on any atom is -0.480 e. The molecule has 2 fully saturated rings. The van der Waals surface area contributed by atoms with Crippen molar-refractivity contribution in [3.05, 3.63) is 0 Å². The van der Waals surface area contributed by atoms with Crippen molar-refractivity contribution in [1.29, 1.82) is 0 Å². The van der Waals surface area contributed by atoms with Crippen LogP contribution < -0.4 is 5.32 Å². The van der Waals surface area contributed by atoms with Crippen LogP contribution in [0.1, 0.15) is 45.4 Å². The third kappa shape index (κ3) is 2.54. The number of carboxylic acid groups (broad SMARTS) is 1. The van der Waals surface area contributed by atoms with Crippen molar-refractivity contribution >= 4 is 17.7 Å². The van der Waals surface area contributed by atoms with E-state index >= 15 is 0 Å². The molecule has 1 aliphatic heterocycles. The number of aliphatic carboxylic acids is 1. The van der Waals surface area contributed by atoms with Gasteiger partial charge in [-0.2, -0.15) is 0 Å². The fourth-order valence-electron chi connectivity index (χ4n) is 2.91.